The lowest BCUT2D eigenvalue weighted by molar-refractivity contribution is 0.124. The summed E-state index contributed by atoms with van der Waals surface area (Å²) in [5.41, 5.74) is 5.42. The van der Waals surface area contributed by atoms with Gasteiger partial charge in [0.25, 0.3) is 0 Å². The predicted octanol–water partition coefficient (Wildman–Crippen LogP) is -0.348. The Bertz CT molecular complexity index is 66.1. The average Bonchev–Trinajstić information content (AvgIpc) is 1.63. The van der Waals surface area contributed by atoms with E-state index in [9.17, 15) is 0 Å². The first-order valence-corrected chi connectivity index (χ1v) is 3.33. The van der Waals surface area contributed by atoms with Gasteiger partial charge in [-0.05, 0) is 13.5 Å². The zero-order valence-corrected chi connectivity index (χ0v) is 6.09. The summed E-state index contributed by atoms with van der Waals surface area (Å²) >= 11 is 0. The summed E-state index contributed by atoms with van der Waals surface area (Å²) in [6.45, 7) is 4.61. The molecule has 0 aromatic heterocycles. The van der Waals surface area contributed by atoms with E-state index in [1.54, 1.807) is 0 Å². The molecule has 0 bridgehead atoms. The molecule has 3 heteroatoms. The minimum absolute atomic E-state index is 0.0686. The highest BCUT2D eigenvalue weighted by atomic mass is 16.3. The smallest absolute Gasteiger partial charge is 0.106 e. The van der Waals surface area contributed by atoms with Crippen LogP contribution in [0.4, 0.5) is 0 Å². The topological polar surface area (TPSA) is 58.3 Å². The molecule has 0 aliphatic carbocycles. The molecule has 0 aliphatic rings. The summed E-state index contributed by atoms with van der Waals surface area (Å²) < 4.78 is 0. The molecular formula is C6H16N2O. The molecule has 2 atom stereocenters. The van der Waals surface area contributed by atoms with E-state index in [1.807, 2.05) is 13.8 Å². The van der Waals surface area contributed by atoms with Gasteiger partial charge in [0, 0.05) is 12.5 Å². The van der Waals surface area contributed by atoms with Crippen molar-refractivity contribution < 1.29 is 5.11 Å². The number of hydrogen-bond donors (Lipinski definition) is 3. The zero-order valence-electron chi connectivity index (χ0n) is 6.09. The highest BCUT2D eigenvalue weighted by molar-refractivity contribution is 4.59. The Morgan fingerprint density at radius 1 is 1.67 bits per heavy atom. The maximum absolute atomic E-state index is 9.03. The Kier molecular flexibility index (Phi) is 4.67. The summed E-state index contributed by atoms with van der Waals surface area (Å²) in [6.07, 6.45) is 0.184. The molecule has 1 unspecified atom stereocenters. The number of hydrogen-bond acceptors (Lipinski definition) is 3. The third-order valence-corrected chi connectivity index (χ3v) is 1.03. The molecule has 0 heterocycles. The van der Waals surface area contributed by atoms with Crippen molar-refractivity contribution in [3.8, 4) is 0 Å². The first-order chi connectivity index (χ1) is 4.16. The van der Waals surface area contributed by atoms with Crippen LogP contribution in [0.3, 0.4) is 0 Å². The molecule has 0 aromatic carbocycles. The molecule has 4 N–H and O–H groups in total. The van der Waals surface area contributed by atoms with E-state index >= 15 is 0 Å². The second-order valence-electron chi connectivity index (χ2n) is 2.29. The van der Waals surface area contributed by atoms with Gasteiger partial charge in [-0.15, -0.1) is 0 Å². The molecule has 3 nitrogen and oxygen atoms in total. The number of nitrogens with two attached hydrogens (primary N) is 1. The van der Waals surface area contributed by atoms with Crippen molar-refractivity contribution in [3.05, 3.63) is 0 Å². The molecular weight excluding hydrogens is 116 g/mol. The van der Waals surface area contributed by atoms with E-state index in [-0.39, 0.29) is 6.04 Å². The fraction of sp³-hybridized carbons (Fsp3) is 1.00. The average molecular weight is 132 g/mol. The summed E-state index contributed by atoms with van der Waals surface area (Å²) in [7, 11) is 0. The molecule has 0 spiro atoms. The van der Waals surface area contributed by atoms with Crippen LogP contribution in [0.5, 0.6) is 0 Å². The van der Waals surface area contributed by atoms with Gasteiger partial charge in [0.15, 0.2) is 0 Å². The van der Waals surface area contributed by atoms with Crippen LogP contribution in [0, 0.1) is 0 Å². The molecule has 9 heavy (non-hydrogen) atoms. The van der Waals surface area contributed by atoms with Crippen molar-refractivity contribution in [1.29, 1.82) is 0 Å². The lowest BCUT2D eigenvalue weighted by Gasteiger charge is -2.12. The molecule has 0 aromatic rings. The van der Waals surface area contributed by atoms with Gasteiger partial charge in [-0.1, -0.05) is 6.92 Å². The van der Waals surface area contributed by atoms with Crippen LogP contribution in [-0.4, -0.2) is 23.9 Å². The van der Waals surface area contributed by atoms with Crippen LogP contribution < -0.4 is 11.1 Å². The van der Waals surface area contributed by atoms with Gasteiger partial charge >= 0.3 is 0 Å². The maximum atomic E-state index is 9.03. The minimum atomic E-state index is -0.435. The third-order valence-electron chi connectivity index (χ3n) is 1.03. The molecule has 0 amide bonds. The van der Waals surface area contributed by atoms with E-state index in [0.717, 1.165) is 6.54 Å². The minimum Gasteiger partial charge on any atom is -0.379 e. The first kappa shape index (κ1) is 8.88. The number of nitrogens with one attached hydrogen (secondary N) is 1. The summed E-state index contributed by atoms with van der Waals surface area (Å²) in [5.74, 6) is 0. The lowest BCUT2D eigenvalue weighted by atomic mass is 10.2. The summed E-state index contributed by atoms with van der Waals surface area (Å²) in [5, 5.41) is 11.9. The van der Waals surface area contributed by atoms with Crippen molar-refractivity contribution in [3.63, 3.8) is 0 Å². The van der Waals surface area contributed by atoms with Crippen LogP contribution in [0.1, 0.15) is 20.3 Å². The van der Waals surface area contributed by atoms with E-state index in [1.165, 1.54) is 0 Å². The highest BCUT2D eigenvalue weighted by Crippen LogP contribution is 1.89. The van der Waals surface area contributed by atoms with E-state index in [4.69, 9.17) is 10.8 Å². The Morgan fingerprint density at radius 2 is 2.22 bits per heavy atom. The molecule has 0 aliphatic heterocycles. The zero-order chi connectivity index (χ0) is 7.28. The second-order valence-corrected chi connectivity index (χ2v) is 2.29. The van der Waals surface area contributed by atoms with E-state index in [0.29, 0.717) is 6.42 Å². The Morgan fingerprint density at radius 3 is 2.56 bits per heavy atom. The number of aliphatic hydroxyl groups excluding tert-OH is 1. The van der Waals surface area contributed by atoms with Crippen LogP contribution in [0.15, 0.2) is 0 Å². The van der Waals surface area contributed by atoms with Crippen molar-refractivity contribution in [2.45, 2.75) is 32.5 Å². The Hall–Kier alpha value is -0.120. The molecule has 0 saturated heterocycles. The fourth-order valence-corrected chi connectivity index (χ4v) is 0.671. The Labute approximate surface area is 56.2 Å². The van der Waals surface area contributed by atoms with Gasteiger partial charge in [0.05, 0.1) is 0 Å². The van der Waals surface area contributed by atoms with Gasteiger partial charge in [0.1, 0.15) is 6.23 Å². The van der Waals surface area contributed by atoms with Gasteiger partial charge in [0.2, 0.25) is 0 Å². The molecule has 0 radical (unpaired) electrons. The van der Waals surface area contributed by atoms with Crippen LogP contribution in [0.25, 0.3) is 0 Å². The van der Waals surface area contributed by atoms with Crippen molar-refractivity contribution >= 4 is 0 Å². The molecule has 0 fully saturated rings. The predicted molar refractivity (Wildman–Crippen MR) is 37.9 cm³/mol. The second kappa shape index (κ2) is 4.73. The molecule has 0 saturated carbocycles. The SMILES string of the molecule is CCN[C@@H](O)CC(C)N. The lowest BCUT2D eigenvalue weighted by Crippen LogP contribution is -2.34. The molecule has 0 rings (SSSR count). The van der Waals surface area contributed by atoms with Gasteiger partial charge in [-0.2, -0.15) is 0 Å². The van der Waals surface area contributed by atoms with Crippen LogP contribution >= 0.6 is 0 Å². The highest BCUT2D eigenvalue weighted by Gasteiger charge is 2.02. The normalized spacial score (nSPS) is 17.3. The largest absolute Gasteiger partial charge is 0.379 e. The van der Waals surface area contributed by atoms with E-state index in [2.05, 4.69) is 5.32 Å². The maximum Gasteiger partial charge on any atom is 0.106 e. The van der Waals surface area contributed by atoms with Crippen molar-refractivity contribution in [2.24, 2.45) is 5.73 Å². The standard InChI is InChI=1S/C6H16N2O/c1-3-8-6(9)4-5(2)7/h5-6,8-9H,3-4,7H2,1-2H3/t5?,6-/m0/s1. The number of rotatable bonds is 4. The Balaban J connectivity index is 3.15. The van der Waals surface area contributed by atoms with Crippen molar-refractivity contribution in [2.75, 3.05) is 6.54 Å². The first-order valence-electron chi connectivity index (χ1n) is 3.33. The molecule has 56 valence electrons. The monoisotopic (exact) mass is 132 g/mol. The van der Waals surface area contributed by atoms with Crippen LogP contribution in [-0.2, 0) is 0 Å². The van der Waals surface area contributed by atoms with Crippen LogP contribution in [0.2, 0.25) is 0 Å². The van der Waals surface area contributed by atoms with Gasteiger partial charge in [-0.25, -0.2) is 0 Å². The fourth-order valence-electron chi connectivity index (χ4n) is 0.671. The summed E-state index contributed by atoms with van der Waals surface area (Å²) in [4.78, 5) is 0. The van der Waals surface area contributed by atoms with E-state index < -0.39 is 6.23 Å². The third kappa shape index (κ3) is 5.76. The van der Waals surface area contributed by atoms with Crippen molar-refractivity contribution in [1.82, 2.24) is 5.32 Å². The quantitative estimate of drug-likeness (QED) is 0.458. The van der Waals surface area contributed by atoms with Gasteiger partial charge < -0.3 is 10.8 Å². The number of aliphatic hydroxyl groups is 1. The van der Waals surface area contributed by atoms with Gasteiger partial charge in [-0.3, -0.25) is 5.32 Å². The summed E-state index contributed by atoms with van der Waals surface area (Å²) in [6, 6.07) is 0.0686.